The molecule has 2 rings (SSSR count). The van der Waals surface area contributed by atoms with Crippen LogP contribution in [0.5, 0.6) is 0 Å². The van der Waals surface area contributed by atoms with Gasteiger partial charge in [0.1, 0.15) is 5.82 Å². The van der Waals surface area contributed by atoms with Crippen LogP contribution in [0, 0.1) is 12.7 Å². The van der Waals surface area contributed by atoms with E-state index < -0.39 is 0 Å². The predicted octanol–water partition coefficient (Wildman–Crippen LogP) is 5.65. The van der Waals surface area contributed by atoms with Crippen LogP contribution < -0.4 is 4.90 Å². The number of para-hydroxylation sites is 1. The van der Waals surface area contributed by atoms with Crippen molar-refractivity contribution in [3.63, 3.8) is 0 Å². The van der Waals surface area contributed by atoms with Crippen molar-refractivity contribution in [1.29, 1.82) is 0 Å². The van der Waals surface area contributed by atoms with Gasteiger partial charge in [-0.3, -0.25) is 0 Å². The second kappa shape index (κ2) is 9.51. The quantitative estimate of drug-likeness (QED) is 0.528. The van der Waals surface area contributed by atoms with Crippen LogP contribution >= 0.6 is 31.9 Å². The molecule has 1 N–H and O–H groups in total. The van der Waals surface area contributed by atoms with Crippen molar-refractivity contribution >= 4 is 42.0 Å². The molecular formula is C20H22Br2FNO. The van der Waals surface area contributed by atoms with Crippen LogP contribution in [0.2, 0.25) is 0 Å². The molecule has 0 bridgehead atoms. The highest BCUT2D eigenvalue weighted by Crippen LogP contribution is 2.35. The average molecular weight is 471 g/mol. The maximum atomic E-state index is 13.8. The highest BCUT2D eigenvalue weighted by Gasteiger charge is 2.13. The number of anilines is 1. The molecule has 0 atom stereocenters. The Morgan fingerprint density at radius 3 is 2.56 bits per heavy atom. The molecule has 25 heavy (non-hydrogen) atoms. The Labute approximate surface area is 165 Å². The number of hydrogen-bond acceptors (Lipinski definition) is 2. The number of rotatable bonds is 7. The van der Waals surface area contributed by atoms with Crippen molar-refractivity contribution < 1.29 is 9.50 Å². The number of hydrogen-bond donors (Lipinski definition) is 1. The molecule has 5 heteroatoms. The molecule has 0 aliphatic rings. The fourth-order valence-corrected chi connectivity index (χ4v) is 4.26. The van der Waals surface area contributed by atoms with Gasteiger partial charge in [0.2, 0.25) is 0 Å². The molecule has 0 amide bonds. The lowest BCUT2D eigenvalue weighted by atomic mass is 10.1. The molecule has 2 nitrogen and oxygen atoms in total. The first-order valence-electron chi connectivity index (χ1n) is 8.07. The Bertz CT molecular complexity index is 761. The number of aryl methyl sites for hydroxylation is 1. The SMILES string of the molecule is Cc1ccc(CN(C)c2ccccc2/C(Br)=C(/CBr)CCO)cc1F. The normalized spacial score (nSPS) is 12.1. The lowest BCUT2D eigenvalue weighted by Crippen LogP contribution is -2.18. The molecule has 0 saturated carbocycles. The zero-order chi connectivity index (χ0) is 18.4. The van der Waals surface area contributed by atoms with Crippen molar-refractivity contribution in [2.24, 2.45) is 0 Å². The third-order valence-electron chi connectivity index (χ3n) is 4.09. The zero-order valence-electron chi connectivity index (χ0n) is 14.4. The maximum Gasteiger partial charge on any atom is 0.126 e. The number of aliphatic hydroxyl groups is 1. The van der Waals surface area contributed by atoms with Gasteiger partial charge in [0, 0.05) is 41.3 Å². The summed E-state index contributed by atoms with van der Waals surface area (Å²) in [6.07, 6.45) is 0.604. The zero-order valence-corrected chi connectivity index (χ0v) is 17.6. The summed E-state index contributed by atoms with van der Waals surface area (Å²) in [5, 5.41) is 9.95. The van der Waals surface area contributed by atoms with E-state index >= 15 is 0 Å². The van der Waals surface area contributed by atoms with Gasteiger partial charge in [0.25, 0.3) is 0 Å². The van der Waals surface area contributed by atoms with E-state index in [-0.39, 0.29) is 12.4 Å². The molecule has 0 heterocycles. The molecule has 0 aliphatic heterocycles. The summed E-state index contributed by atoms with van der Waals surface area (Å²) in [4.78, 5) is 2.10. The number of nitrogens with zero attached hydrogens (tertiary/aromatic N) is 1. The minimum atomic E-state index is -0.176. The molecule has 2 aromatic rings. The van der Waals surface area contributed by atoms with Crippen molar-refractivity contribution in [3.05, 3.63) is 70.5 Å². The van der Waals surface area contributed by atoms with Gasteiger partial charge in [-0.2, -0.15) is 0 Å². The first-order chi connectivity index (χ1) is 12.0. The number of halogens is 3. The van der Waals surface area contributed by atoms with Gasteiger partial charge in [-0.25, -0.2) is 4.39 Å². The molecule has 0 radical (unpaired) electrons. The number of aliphatic hydroxyl groups excluding tert-OH is 1. The lowest BCUT2D eigenvalue weighted by molar-refractivity contribution is 0.300. The van der Waals surface area contributed by atoms with Crippen molar-refractivity contribution in [2.75, 3.05) is 23.9 Å². The first kappa shape index (κ1) is 20.1. The summed E-state index contributed by atoms with van der Waals surface area (Å²) in [5.41, 5.74) is 4.79. The summed E-state index contributed by atoms with van der Waals surface area (Å²) in [5.74, 6) is -0.176. The third-order valence-corrected chi connectivity index (χ3v) is 5.76. The molecular weight excluding hydrogens is 449 g/mol. The van der Waals surface area contributed by atoms with Gasteiger partial charge in [0.05, 0.1) is 0 Å². The first-order valence-corrected chi connectivity index (χ1v) is 9.99. The topological polar surface area (TPSA) is 23.5 Å². The van der Waals surface area contributed by atoms with Crippen LogP contribution in [0.4, 0.5) is 10.1 Å². The Balaban J connectivity index is 2.34. The van der Waals surface area contributed by atoms with Crippen LogP contribution in [0.3, 0.4) is 0 Å². The Kier molecular flexibility index (Phi) is 7.66. The van der Waals surface area contributed by atoms with E-state index in [4.69, 9.17) is 0 Å². The Morgan fingerprint density at radius 2 is 1.92 bits per heavy atom. The summed E-state index contributed by atoms with van der Waals surface area (Å²) >= 11 is 7.18. The summed E-state index contributed by atoms with van der Waals surface area (Å²) in [7, 11) is 2.00. The second-order valence-corrected chi connectivity index (χ2v) is 7.34. The average Bonchev–Trinajstić information content (AvgIpc) is 2.62. The molecule has 0 aliphatic carbocycles. The number of alkyl halides is 1. The van der Waals surface area contributed by atoms with Crippen molar-refractivity contribution in [1.82, 2.24) is 0 Å². The van der Waals surface area contributed by atoms with Gasteiger partial charge in [-0.05, 0) is 42.2 Å². The van der Waals surface area contributed by atoms with Crippen LogP contribution in [0.15, 0.2) is 48.0 Å². The Morgan fingerprint density at radius 1 is 1.20 bits per heavy atom. The molecule has 0 spiro atoms. The fourth-order valence-electron chi connectivity index (χ4n) is 2.65. The summed E-state index contributed by atoms with van der Waals surface area (Å²) in [6.45, 7) is 2.48. The molecule has 0 saturated heterocycles. The monoisotopic (exact) mass is 469 g/mol. The maximum absolute atomic E-state index is 13.8. The van der Waals surface area contributed by atoms with Gasteiger partial charge in [-0.1, -0.05) is 62.2 Å². The van der Waals surface area contributed by atoms with Crippen LogP contribution in [0.1, 0.15) is 23.1 Å². The molecule has 0 unspecified atom stereocenters. The van der Waals surface area contributed by atoms with Gasteiger partial charge < -0.3 is 10.0 Å². The van der Waals surface area contributed by atoms with E-state index in [1.54, 1.807) is 13.0 Å². The van der Waals surface area contributed by atoms with Crippen LogP contribution in [-0.2, 0) is 6.54 Å². The standard InChI is InChI=1S/C20H22Br2FNO/c1-14-7-8-15(11-18(14)23)13-24(2)19-6-4-3-5-17(19)20(22)16(12-21)9-10-25/h3-8,11,25H,9-10,12-13H2,1-2H3/b20-16-. The van der Waals surface area contributed by atoms with Crippen molar-refractivity contribution in [2.45, 2.75) is 19.9 Å². The van der Waals surface area contributed by atoms with E-state index in [1.807, 2.05) is 43.4 Å². The van der Waals surface area contributed by atoms with E-state index in [0.717, 1.165) is 26.9 Å². The smallest absolute Gasteiger partial charge is 0.126 e. The van der Waals surface area contributed by atoms with Gasteiger partial charge in [-0.15, -0.1) is 0 Å². The molecule has 0 aromatic heterocycles. The minimum absolute atomic E-state index is 0.108. The van der Waals surface area contributed by atoms with E-state index in [0.29, 0.717) is 23.9 Å². The van der Waals surface area contributed by atoms with Crippen LogP contribution in [-0.4, -0.2) is 24.1 Å². The van der Waals surface area contributed by atoms with E-state index in [1.165, 1.54) is 0 Å². The second-order valence-electron chi connectivity index (χ2n) is 5.98. The minimum Gasteiger partial charge on any atom is -0.396 e. The summed E-state index contributed by atoms with van der Waals surface area (Å²) < 4.78 is 14.8. The highest BCUT2D eigenvalue weighted by atomic mass is 79.9. The number of benzene rings is 2. The molecule has 2 aromatic carbocycles. The van der Waals surface area contributed by atoms with Crippen LogP contribution in [0.25, 0.3) is 4.48 Å². The highest BCUT2D eigenvalue weighted by molar-refractivity contribution is 9.15. The fraction of sp³-hybridized carbons (Fsp3) is 0.300. The predicted molar refractivity (Wildman–Crippen MR) is 111 cm³/mol. The van der Waals surface area contributed by atoms with E-state index in [2.05, 4.69) is 36.8 Å². The molecule has 0 fully saturated rings. The summed E-state index contributed by atoms with van der Waals surface area (Å²) in [6, 6.07) is 13.4. The molecule has 134 valence electrons. The van der Waals surface area contributed by atoms with Gasteiger partial charge in [0.15, 0.2) is 0 Å². The van der Waals surface area contributed by atoms with E-state index in [9.17, 15) is 9.50 Å². The third kappa shape index (κ3) is 5.16. The van der Waals surface area contributed by atoms with Gasteiger partial charge >= 0.3 is 0 Å². The van der Waals surface area contributed by atoms with Crippen molar-refractivity contribution in [3.8, 4) is 0 Å². The lowest BCUT2D eigenvalue weighted by Gasteiger charge is -2.23. The Hall–Kier alpha value is -1.17. The largest absolute Gasteiger partial charge is 0.396 e.